The van der Waals surface area contributed by atoms with Crippen LogP contribution in [0.25, 0.3) is 0 Å². The molecule has 1 fully saturated rings. The summed E-state index contributed by atoms with van der Waals surface area (Å²) in [5.41, 5.74) is 5.21. The van der Waals surface area contributed by atoms with Gasteiger partial charge < -0.3 is 15.4 Å². The summed E-state index contributed by atoms with van der Waals surface area (Å²) in [6, 6.07) is 7.06. The number of primary amides is 1. The quantitative estimate of drug-likeness (QED) is 0.843. The molecule has 1 aromatic rings. The topological polar surface area (TPSA) is 75.9 Å². The first-order chi connectivity index (χ1) is 11.0. The lowest BCUT2D eigenvalue weighted by molar-refractivity contribution is -0.131. The van der Waals surface area contributed by atoms with E-state index in [9.17, 15) is 9.59 Å². The first-order valence-corrected chi connectivity index (χ1v) is 8.09. The number of rotatable bonds is 6. The molecule has 6 nitrogen and oxygen atoms in total. The van der Waals surface area contributed by atoms with Gasteiger partial charge in [-0.2, -0.15) is 0 Å². The Morgan fingerprint density at radius 2 is 1.87 bits per heavy atom. The van der Waals surface area contributed by atoms with Crippen LogP contribution in [0, 0.1) is 0 Å². The Morgan fingerprint density at radius 3 is 2.57 bits per heavy atom. The van der Waals surface area contributed by atoms with Crippen molar-refractivity contribution in [2.45, 2.75) is 12.8 Å². The molecule has 0 saturated carbocycles. The van der Waals surface area contributed by atoms with Gasteiger partial charge in [-0.1, -0.05) is 11.6 Å². The maximum atomic E-state index is 12.2. The first-order valence-electron chi connectivity index (χ1n) is 7.71. The molecule has 0 unspecified atom stereocenters. The minimum atomic E-state index is -0.332. The molecule has 0 spiro atoms. The zero-order chi connectivity index (χ0) is 16.7. The number of nitrogens with zero attached hydrogens (tertiary/aromatic N) is 2. The number of hydrogen-bond donors (Lipinski definition) is 1. The van der Waals surface area contributed by atoms with Gasteiger partial charge in [0.2, 0.25) is 11.8 Å². The van der Waals surface area contributed by atoms with E-state index < -0.39 is 0 Å². The van der Waals surface area contributed by atoms with Gasteiger partial charge in [0.05, 0.1) is 19.6 Å². The molecule has 0 bridgehead atoms. The van der Waals surface area contributed by atoms with E-state index in [1.807, 2.05) is 9.80 Å². The van der Waals surface area contributed by atoms with Crippen molar-refractivity contribution in [2.24, 2.45) is 5.73 Å². The van der Waals surface area contributed by atoms with E-state index in [1.54, 1.807) is 24.3 Å². The van der Waals surface area contributed by atoms with Gasteiger partial charge in [-0.25, -0.2) is 0 Å². The average Bonchev–Trinajstić information content (AvgIpc) is 2.74. The molecular weight excluding hydrogens is 318 g/mol. The summed E-state index contributed by atoms with van der Waals surface area (Å²) in [5.74, 6) is 0.437. The smallest absolute Gasteiger partial charge is 0.231 e. The largest absolute Gasteiger partial charge is 0.493 e. The second-order valence-corrected chi connectivity index (χ2v) is 5.97. The molecule has 1 aliphatic heterocycles. The van der Waals surface area contributed by atoms with E-state index in [0.717, 1.165) is 13.0 Å². The van der Waals surface area contributed by atoms with Crippen molar-refractivity contribution in [1.82, 2.24) is 9.80 Å². The van der Waals surface area contributed by atoms with Crippen LogP contribution in [0.2, 0.25) is 5.02 Å². The molecule has 2 amide bonds. The fourth-order valence-corrected chi connectivity index (χ4v) is 2.67. The molecule has 0 atom stereocenters. The van der Waals surface area contributed by atoms with Crippen LogP contribution in [0.3, 0.4) is 0 Å². The number of ether oxygens (including phenoxy) is 1. The molecular formula is C16H22ClN3O3. The van der Waals surface area contributed by atoms with Crippen molar-refractivity contribution in [2.75, 3.05) is 39.3 Å². The normalized spacial score (nSPS) is 16.0. The Hall–Kier alpha value is -1.79. The Bertz CT molecular complexity index is 536. The third-order valence-corrected chi connectivity index (χ3v) is 3.97. The highest BCUT2D eigenvalue weighted by atomic mass is 35.5. The zero-order valence-corrected chi connectivity index (χ0v) is 13.8. The van der Waals surface area contributed by atoms with Crippen LogP contribution in [0.1, 0.15) is 12.8 Å². The van der Waals surface area contributed by atoms with E-state index >= 15 is 0 Å². The molecule has 0 radical (unpaired) electrons. The number of amides is 2. The van der Waals surface area contributed by atoms with Gasteiger partial charge in [0, 0.05) is 31.2 Å². The fourth-order valence-electron chi connectivity index (χ4n) is 2.54. The number of carbonyl (C=O) groups is 2. The van der Waals surface area contributed by atoms with Crippen LogP contribution in [0.15, 0.2) is 24.3 Å². The molecule has 7 heteroatoms. The second-order valence-electron chi connectivity index (χ2n) is 5.53. The molecule has 0 aromatic heterocycles. The number of nitrogens with two attached hydrogens (primary N) is 1. The molecule has 23 heavy (non-hydrogen) atoms. The summed E-state index contributed by atoms with van der Waals surface area (Å²) >= 11 is 5.81. The predicted octanol–water partition coefficient (Wildman–Crippen LogP) is 1.13. The van der Waals surface area contributed by atoms with Crippen molar-refractivity contribution in [3.63, 3.8) is 0 Å². The zero-order valence-electron chi connectivity index (χ0n) is 13.0. The Labute approximate surface area is 141 Å². The minimum Gasteiger partial charge on any atom is -0.493 e. The van der Waals surface area contributed by atoms with Gasteiger partial charge in [0.25, 0.3) is 0 Å². The van der Waals surface area contributed by atoms with Gasteiger partial charge in [0.1, 0.15) is 5.75 Å². The summed E-state index contributed by atoms with van der Waals surface area (Å²) in [7, 11) is 0. The van der Waals surface area contributed by atoms with Gasteiger partial charge in [-0.3, -0.25) is 14.5 Å². The van der Waals surface area contributed by atoms with Crippen molar-refractivity contribution in [3.05, 3.63) is 29.3 Å². The van der Waals surface area contributed by atoms with Gasteiger partial charge >= 0.3 is 0 Å². The third kappa shape index (κ3) is 6.08. The van der Waals surface area contributed by atoms with Gasteiger partial charge in [-0.05, 0) is 30.7 Å². The Morgan fingerprint density at radius 1 is 1.13 bits per heavy atom. The molecule has 0 aliphatic carbocycles. The minimum absolute atomic E-state index is 0.0693. The Kier molecular flexibility index (Phi) is 6.67. The monoisotopic (exact) mass is 339 g/mol. The standard InChI is InChI=1S/C16H22ClN3O3/c17-13-2-4-14(5-3-13)23-11-6-16(22)20-8-1-7-19(9-10-20)12-15(18)21/h2-5H,1,6-12H2,(H2,18,21). The van der Waals surface area contributed by atoms with Crippen molar-refractivity contribution < 1.29 is 14.3 Å². The number of hydrogen-bond acceptors (Lipinski definition) is 4. The van der Waals surface area contributed by atoms with Crippen LogP contribution < -0.4 is 10.5 Å². The molecule has 1 aromatic carbocycles. The lowest BCUT2D eigenvalue weighted by Crippen LogP contribution is -2.38. The van der Waals surface area contributed by atoms with Crippen molar-refractivity contribution >= 4 is 23.4 Å². The Balaban J connectivity index is 1.72. The van der Waals surface area contributed by atoms with E-state index in [-0.39, 0.29) is 18.4 Å². The van der Waals surface area contributed by atoms with Crippen LogP contribution in [0.4, 0.5) is 0 Å². The van der Waals surface area contributed by atoms with Gasteiger partial charge in [0.15, 0.2) is 0 Å². The highest BCUT2D eigenvalue weighted by molar-refractivity contribution is 6.30. The van der Waals surface area contributed by atoms with Gasteiger partial charge in [-0.15, -0.1) is 0 Å². The summed E-state index contributed by atoms with van der Waals surface area (Å²) in [6.45, 7) is 3.37. The predicted molar refractivity (Wildman–Crippen MR) is 88.4 cm³/mol. The second kappa shape index (κ2) is 8.74. The molecule has 1 heterocycles. The van der Waals surface area contributed by atoms with E-state index in [4.69, 9.17) is 22.1 Å². The highest BCUT2D eigenvalue weighted by Gasteiger charge is 2.19. The number of carbonyl (C=O) groups excluding carboxylic acids is 2. The molecule has 126 valence electrons. The summed E-state index contributed by atoms with van der Waals surface area (Å²) < 4.78 is 5.55. The van der Waals surface area contributed by atoms with Crippen LogP contribution >= 0.6 is 11.6 Å². The third-order valence-electron chi connectivity index (χ3n) is 3.72. The first kappa shape index (κ1) is 17.6. The van der Waals surface area contributed by atoms with E-state index in [2.05, 4.69) is 0 Å². The van der Waals surface area contributed by atoms with E-state index in [0.29, 0.717) is 43.4 Å². The van der Waals surface area contributed by atoms with E-state index in [1.165, 1.54) is 0 Å². The highest BCUT2D eigenvalue weighted by Crippen LogP contribution is 2.15. The van der Waals surface area contributed by atoms with Crippen LogP contribution in [-0.4, -0.2) is 60.9 Å². The molecule has 1 saturated heterocycles. The average molecular weight is 340 g/mol. The summed E-state index contributed by atoms with van der Waals surface area (Å²) in [4.78, 5) is 27.0. The van der Waals surface area contributed by atoms with Crippen LogP contribution in [-0.2, 0) is 9.59 Å². The number of halogens is 1. The summed E-state index contributed by atoms with van der Waals surface area (Å²) in [6.07, 6.45) is 1.18. The lowest BCUT2D eigenvalue weighted by atomic mass is 10.3. The fraction of sp³-hybridized carbons (Fsp3) is 0.500. The number of benzene rings is 1. The molecule has 2 rings (SSSR count). The van der Waals surface area contributed by atoms with Crippen molar-refractivity contribution in [3.8, 4) is 5.75 Å². The maximum Gasteiger partial charge on any atom is 0.231 e. The summed E-state index contributed by atoms with van der Waals surface area (Å²) in [5, 5.41) is 0.651. The van der Waals surface area contributed by atoms with Crippen molar-refractivity contribution in [1.29, 1.82) is 0 Å². The lowest BCUT2D eigenvalue weighted by Gasteiger charge is -2.21. The molecule has 1 aliphatic rings. The maximum absolute atomic E-state index is 12.2. The van der Waals surface area contributed by atoms with Crippen LogP contribution in [0.5, 0.6) is 5.75 Å². The molecule has 2 N–H and O–H groups in total. The SMILES string of the molecule is NC(=O)CN1CCCN(C(=O)CCOc2ccc(Cl)cc2)CC1.